The molecule has 0 radical (unpaired) electrons. The Kier molecular flexibility index (Phi) is 9.62. The highest BCUT2D eigenvalue weighted by molar-refractivity contribution is 5.86. The van der Waals surface area contributed by atoms with Crippen molar-refractivity contribution in [3.63, 3.8) is 0 Å². The summed E-state index contributed by atoms with van der Waals surface area (Å²) in [5, 5.41) is 6.36. The molecule has 2 N–H and O–H groups in total. The Balaban J connectivity index is 2.65. The van der Waals surface area contributed by atoms with Gasteiger partial charge >= 0.3 is 0 Å². The third-order valence-electron chi connectivity index (χ3n) is 3.77. The van der Waals surface area contributed by atoms with E-state index in [0.29, 0.717) is 19.1 Å². The van der Waals surface area contributed by atoms with Crippen LogP contribution in [0, 0.1) is 13.8 Å². The smallest absolute Gasteiger partial charge is 0.241 e. The van der Waals surface area contributed by atoms with Gasteiger partial charge in [-0.05, 0) is 38.3 Å². The molecule has 0 aliphatic heterocycles. The molecule has 0 atom stereocenters. The molecule has 6 nitrogen and oxygen atoms in total. The van der Waals surface area contributed by atoms with Crippen molar-refractivity contribution in [2.24, 2.45) is 4.99 Å². The molecule has 6 heteroatoms. The summed E-state index contributed by atoms with van der Waals surface area (Å²) in [4.78, 5) is 18.0. The van der Waals surface area contributed by atoms with Crippen molar-refractivity contribution >= 4 is 11.9 Å². The molecule has 0 bridgehead atoms. The minimum atomic E-state index is 0.00957. The standard InChI is InChI=1S/C19H32N4O2/c1-6-25-11-7-10-20-19(22-14-18(24)23(4)5)21-13-17-9-8-15(2)12-16(17)3/h8-9,12H,6-7,10-11,13-14H2,1-5H3,(H2,20,21,22). The molecule has 1 amide bonds. The number of likely N-dealkylation sites (N-methyl/N-ethyl adjacent to an activating group) is 1. The van der Waals surface area contributed by atoms with E-state index in [9.17, 15) is 4.79 Å². The van der Waals surface area contributed by atoms with Crippen molar-refractivity contribution in [1.82, 2.24) is 15.5 Å². The average molecular weight is 348 g/mol. The van der Waals surface area contributed by atoms with Gasteiger partial charge in [0.25, 0.3) is 0 Å². The molecule has 0 saturated carbocycles. The van der Waals surface area contributed by atoms with Crippen LogP contribution < -0.4 is 10.6 Å². The number of guanidine groups is 1. The number of nitrogens with one attached hydrogen (secondary N) is 2. The quantitative estimate of drug-likeness (QED) is 0.406. The summed E-state index contributed by atoms with van der Waals surface area (Å²) in [5.74, 6) is 0.655. The van der Waals surface area contributed by atoms with Crippen molar-refractivity contribution < 1.29 is 9.53 Å². The van der Waals surface area contributed by atoms with Crippen LogP contribution in [0.2, 0.25) is 0 Å². The molecule has 0 saturated heterocycles. The average Bonchev–Trinajstić information content (AvgIpc) is 2.57. The normalized spacial score (nSPS) is 11.3. The summed E-state index contributed by atoms with van der Waals surface area (Å²) in [7, 11) is 3.48. The highest BCUT2D eigenvalue weighted by Gasteiger charge is 2.06. The maximum Gasteiger partial charge on any atom is 0.241 e. The predicted octanol–water partition coefficient (Wildman–Crippen LogP) is 1.85. The molecule has 0 spiro atoms. The van der Waals surface area contributed by atoms with Crippen molar-refractivity contribution in [2.45, 2.75) is 33.7 Å². The number of benzene rings is 1. The van der Waals surface area contributed by atoms with Gasteiger partial charge in [0.15, 0.2) is 5.96 Å². The number of nitrogens with zero attached hydrogens (tertiary/aromatic N) is 2. The third-order valence-corrected chi connectivity index (χ3v) is 3.77. The summed E-state index contributed by atoms with van der Waals surface area (Å²) < 4.78 is 5.34. The lowest BCUT2D eigenvalue weighted by atomic mass is 10.1. The van der Waals surface area contributed by atoms with E-state index in [-0.39, 0.29) is 12.5 Å². The largest absolute Gasteiger partial charge is 0.382 e. The van der Waals surface area contributed by atoms with E-state index in [1.165, 1.54) is 16.7 Å². The van der Waals surface area contributed by atoms with E-state index < -0.39 is 0 Å². The summed E-state index contributed by atoms with van der Waals surface area (Å²) in [6, 6.07) is 6.35. The van der Waals surface area contributed by atoms with E-state index in [2.05, 4.69) is 47.7 Å². The zero-order valence-electron chi connectivity index (χ0n) is 16.2. The molecule has 1 aromatic carbocycles. The van der Waals surface area contributed by atoms with Crippen LogP contribution in [0.25, 0.3) is 0 Å². The fourth-order valence-corrected chi connectivity index (χ4v) is 2.20. The monoisotopic (exact) mass is 348 g/mol. The summed E-state index contributed by atoms with van der Waals surface area (Å²) in [6.07, 6.45) is 0.889. The maximum atomic E-state index is 11.8. The topological polar surface area (TPSA) is 66.0 Å². The Morgan fingerprint density at radius 2 is 2.00 bits per heavy atom. The Bertz CT molecular complexity index is 571. The van der Waals surface area contributed by atoms with Crippen LogP contribution in [0.15, 0.2) is 23.2 Å². The predicted molar refractivity (Wildman–Crippen MR) is 103 cm³/mol. The van der Waals surface area contributed by atoms with Crippen LogP contribution in [0.5, 0.6) is 0 Å². The second-order valence-corrected chi connectivity index (χ2v) is 6.21. The Hall–Kier alpha value is -2.08. The lowest BCUT2D eigenvalue weighted by Gasteiger charge is -2.15. The molecule has 1 aromatic rings. The minimum absolute atomic E-state index is 0.00957. The van der Waals surface area contributed by atoms with E-state index in [4.69, 9.17) is 4.74 Å². The first-order chi connectivity index (χ1) is 11.9. The van der Waals surface area contributed by atoms with Crippen LogP contribution in [0.1, 0.15) is 30.0 Å². The fourth-order valence-electron chi connectivity index (χ4n) is 2.20. The van der Waals surface area contributed by atoms with Gasteiger partial charge in [-0.25, -0.2) is 4.99 Å². The number of hydrogen-bond acceptors (Lipinski definition) is 3. The van der Waals surface area contributed by atoms with Crippen molar-refractivity contribution in [3.05, 3.63) is 34.9 Å². The minimum Gasteiger partial charge on any atom is -0.382 e. The summed E-state index contributed by atoms with van der Waals surface area (Å²) >= 11 is 0. The van der Waals surface area contributed by atoms with Gasteiger partial charge in [0, 0.05) is 33.9 Å². The number of carbonyl (C=O) groups excluding carboxylic acids is 1. The first-order valence-corrected chi connectivity index (χ1v) is 8.80. The second kappa shape index (κ2) is 11.5. The molecule has 1 rings (SSSR count). The Morgan fingerprint density at radius 3 is 2.64 bits per heavy atom. The van der Waals surface area contributed by atoms with Crippen LogP contribution in [-0.4, -0.2) is 57.2 Å². The van der Waals surface area contributed by atoms with Crippen LogP contribution in [-0.2, 0) is 16.1 Å². The SMILES string of the molecule is CCOCCCNC(=NCc1ccc(C)cc1C)NCC(=O)N(C)C. The molecular formula is C19H32N4O2. The molecule has 25 heavy (non-hydrogen) atoms. The highest BCUT2D eigenvalue weighted by atomic mass is 16.5. The van der Waals surface area contributed by atoms with Crippen molar-refractivity contribution in [1.29, 1.82) is 0 Å². The zero-order chi connectivity index (χ0) is 18.7. The maximum absolute atomic E-state index is 11.8. The van der Waals surface area contributed by atoms with E-state index >= 15 is 0 Å². The lowest BCUT2D eigenvalue weighted by Crippen LogP contribution is -2.43. The number of carbonyl (C=O) groups is 1. The van der Waals surface area contributed by atoms with Gasteiger partial charge in [-0.1, -0.05) is 23.8 Å². The number of aryl methyl sites for hydroxylation is 2. The van der Waals surface area contributed by atoms with Gasteiger partial charge in [-0.3, -0.25) is 4.79 Å². The molecular weight excluding hydrogens is 316 g/mol. The Morgan fingerprint density at radius 1 is 1.24 bits per heavy atom. The molecule has 0 heterocycles. The van der Waals surface area contributed by atoms with Gasteiger partial charge in [0.1, 0.15) is 0 Å². The van der Waals surface area contributed by atoms with Gasteiger partial charge < -0.3 is 20.3 Å². The van der Waals surface area contributed by atoms with Crippen molar-refractivity contribution in [2.75, 3.05) is 40.4 Å². The Labute approximate surface area is 151 Å². The van der Waals surface area contributed by atoms with E-state index in [1.54, 1.807) is 19.0 Å². The number of hydrogen-bond donors (Lipinski definition) is 2. The lowest BCUT2D eigenvalue weighted by molar-refractivity contribution is -0.127. The molecule has 0 aliphatic carbocycles. The van der Waals surface area contributed by atoms with Crippen LogP contribution >= 0.6 is 0 Å². The number of aliphatic imine (C=N–C) groups is 1. The number of rotatable bonds is 9. The number of ether oxygens (including phenoxy) is 1. The molecule has 140 valence electrons. The first kappa shape index (κ1) is 21.0. The summed E-state index contributed by atoms with van der Waals surface area (Å²) in [6.45, 7) is 9.14. The molecule has 0 aromatic heterocycles. The molecule has 0 fully saturated rings. The summed E-state index contributed by atoms with van der Waals surface area (Å²) in [5.41, 5.74) is 3.65. The molecule has 0 unspecified atom stereocenters. The van der Waals surface area contributed by atoms with Crippen LogP contribution in [0.4, 0.5) is 0 Å². The number of amides is 1. The van der Waals surface area contributed by atoms with Gasteiger partial charge in [-0.2, -0.15) is 0 Å². The highest BCUT2D eigenvalue weighted by Crippen LogP contribution is 2.11. The second-order valence-electron chi connectivity index (χ2n) is 6.21. The fraction of sp³-hybridized carbons (Fsp3) is 0.579. The molecule has 0 aliphatic rings. The van der Waals surface area contributed by atoms with Gasteiger partial charge in [0.05, 0.1) is 13.1 Å². The van der Waals surface area contributed by atoms with Crippen LogP contribution in [0.3, 0.4) is 0 Å². The van der Waals surface area contributed by atoms with E-state index in [0.717, 1.165) is 19.6 Å². The van der Waals surface area contributed by atoms with E-state index in [1.807, 2.05) is 6.92 Å². The van der Waals surface area contributed by atoms with Crippen molar-refractivity contribution in [3.8, 4) is 0 Å². The van der Waals surface area contributed by atoms with Gasteiger partial charge in [-0.15, -0.1) is 0 Å². The first-order valence-electron chi connectivity index (χ1n) is 8.80. The van der Waals surface area contributed by atoms with Gasteiger partial charge in [0.2, 0.25) is 5.91 Å². The third kappa shape index (κ3) is 8.54. The zero-order valence-corrected chi connectivity index (χ0v) is 16.2.